The SMILES string of the molecule is CCCOC[C@H]1CCN(C(=O)c2ccc(CN3CCCCC3)cc2)C1. The molecule has 25 heavy (non-hydrogen) atoms. The second-order valence-electron chi connectivity index (χ2n) is 7.51. The fourth-order valence-electron chi connectivity index (χ4n) is 3.86. The van der Waals surface area contributed by atoms with E-state index in [0.717, 1.165) is 51.3 Å². The minimum atomic E-state index is 0.169. The number of carbonyl (C=O) groups is 1. The second kappa shape index (κ2) is 9.35. The van der Waals surface area contributed by atoms with Crippen LogP contribution in [0.2, 0.25) is 0 Å². The topological polar surface area (TPSA) is 32.8 Å². The van der Waals surface area contributed by atoms with Gasteiger partial charge in [-0.05, 0) is 56.5 Å². The summed E-state index contributed by atoms with van der Waals surface area (Å²) in [4.78, 5) is 17.2. The molecule has 4 nitrogen and oxygen atoms in total. The van der Waals surface area contributed by atoms with Crippen molar-refractivity contribution in [1.82, 2.24) is 9.80 Å². The summed E-state index contributed by atoms with van der Waals surface area (Å²) in [5.74, 6) is 0.663. The maximum absolute atomic E-state index is 12.7. The molecule has 2 aliphatic rings. The molecule has 0 aliphatic carbocycles. The van der Waals surface area contributed by atoms with Crippen LogP contribution in [0.25, 0.3) is 0 Å². The van der Waals surface area contributed by atoms with Crippen LogP contribution in [0, 0.1) is 5.92 Å². The van der Waals surface area contributed by atoms with E-state index >= 15 is 0 Å². The molecule has 0 unspecified atom stereocenters. The molecule has 138 valence electrons. The molecule has 2 fully saturated rings. The molecule has 1 aromatic carbocycles. The van der Waals surface area contributed by atoms with Gasteiger partial charge in [0.25, 0.3) is 5.91 Å². The first-order valence-electron chi connectivity index (χ1n) is 9.94. The van der Waals surface area contributed by atoms with E-state index in [1.165, 1.54) is 37.9 Å². The van der Waals surface area contributed by atoms with Gasteiger partial charge in [0.15, 0.2) is 0 Å². The lowest BCUT2D eigenvalue weighted by atomic mass is 10.1. The van der Waals surface area contributed by atoms with Crippen LogP contribution < -0.4 is 0 Å². The summed E-state index contributed by atoms with van der Waals surface area (Å²) in [6.45, 7) is 8.84. The molecule has 0 N–H and O–H groups in total. The molecule has 0 radical (unpaired) electrons. The maximum Gasteiger partial charge on any atom is 0.253 e. The van der Waals surface area contributed by atoms with E-state index in [2.05, 4.69) is 24.0 Å². The molecule has 0 aromatic heterocycles. The average molecular weight is 344 g/mol. The Balaban J connectivity index is 1.49. The van der Waals surface area contributed by atoms with Gasteiger partial charge in [-0.25, -0.2) is 0 Å². The van der Waals surface area contributed by atoms with Crippen LogP contribution in [0.4, 0.5) is 0 Å². The molecule has 1 aromatic rings. The molecule has 1 amide bonds. The van der Waals surface area contributed by atoms with E-state index in [-0.39, 0.29) is 5.91 Å². The number of carbonyl (C=O) groups excluding carboxylic acids is 1. The number of benzene rings is 1. The number of amides is 1. The number of ether oxygens (including phenoxy) is 1. The van der Waals surface area contributed by atoms with Crippen LogP contribution in [-0.4, -0.2) is 55.1 Å². The Morgan fingerprint density at radius 2 is 1.88 bits per heavy atom. The largest absolute Gasteiger partial charge is 0.381 e. The van der Waals surface area contributed by atoms with Gasteiger partial charge in [0, 0.05) is 37.7 Å². The highest BCUT2D eigenvalue weighted by Gasteiger charge is 2.27. The number of rotatable bonds is 7. The van der Waals surface area contributed by atoms with Crippen molar-refractivity contribution in [3.63, 3.8) is 0 Å². The highest BCUT2D eigenvalue weighted by molar-refractivity contribution is 5.94. The van der Waals surface area contributed by atoms with E-state index in [1.807, 2.05) is 17.0 Å². The first-order chi connectivity index (χ1) is 12.3. The molecule has 2 aliphatic heterocycles. The zero-order chi connectivity index (χ0) is 17.5. The Hall–Kier alpha value is -1.39. The number of piperidine rings is 1. The molecule has 0 bridgehead atoms. The van der Waals surface area contributed by atoms with Gasteiger partial charge in [0.05, 0.1) is 6.61 Å². The molecule has 0 spiro atoms. The third kappa shape index (κ3) is 5.29. The molecule has 2 saturated heterocycles. The average Bonchev–Trinajstić information content (AvgIpc) is 3.12. The Bertz CT molecular complexity index is 537. The van der Waals surface area contributed by atoms with Gasteiger partial charge in [-0.15, -0.1) is 0 Å². The van der Waals surface area contributed by atoms with Crippen molar-refractivity contribution in [2.75, 3.05) is 39.4 Å². The van der Waals surface area contributed by atoms with Gasteiger partial charge in [0.2, 0.25) is 0 Å². The lowest BCUT2D eigenvalue weighted by Gasteiger charge is -2.26. The van der Waals surface area contributed by atoms with Crippen LogP contribution in [0.3, 0.4) is 0 Å². The highest BCUT2D eigenvalue weighted by atomic mass is 16.5. The monoisotopic (exact) mass is 344 g/mol. The molecule has 2 heterocycles. The lowest BCUT2D eigenvalue weighted by Crippen LogP contribution is -2.30. The van der Waals surface area contributed by atoms with Crippen LogP contribution >= 0.6 is 0 Å². The predicted molar refractivity (Wildman–Crippen MR) is 101 cm³/mol. The van der Waals surface area contributed by atoms with Crippen molar-refractivity contribution in [2.45, 2.75) is 45.6 Å². The molecule has 0 saturated carbocycles. The number of hydrogen-bond acceptors (Lipinski definition) is 3. The zero-order valence-corrected chi connectivity index (χ0v) is 15.6. The van der Waals surface area contributed by atoms with Crippen molar-refractivity contribution >= 4 is 5.91 Å². The van der Waals surface area contributed by atoms with Crippen molar-refractivity contribution in [2.24, 2.45) is 5.92 Å². The van der Waals surface area contributed by atoms with E-state index in [1.54, 1.807) is 0 Å². The summed E-state index contributed by atoms with van der Waals surface area (Å²) >= 11 is 0. The summed E-state index contributed by atoms with van der Waals surface area (Å²) < 4.78 is 5.65. The highest BCUT2D eigenvalue weighted by Crippen LogP contribution is 2.20. The minimum Gasteiger partial charge on any atom is -0.381 e. The van der Waals surface area contributed by atoms with Gasteiger partial charge in [-0.1, -0.05) is 25.5 Å². The minimum absolute atomic E-state index is 0.169. The number of likely N-dealkylation sites (tertiary alicyclic amines) is 2. The van der Waals surface area contributed by atoms with Crippen molar-refractivity contribution in [1.29, 1.82) is 0 Å². The first-order valence-corrected chi connectivity index (χ1v) is 9.94. The van der Waals surface area contributed by atoms with Crippen molar-refractivity contribution in [3.05, 3.63) is 35.4 Å². The summed E-state index contributed by atoms with van der Waals surface area (Å²) in [6, 6.07) is 8.25. The summed E-state index contributed by atoms with van der Waals surface area (Å²) in [5, 5.41) is 0. The summed E-state index contributed by atoms with van der Waals surface area (Å²) in [7, 11) is 0. The fourth-order valence-corrected chi connectivity index (χ4v) is 3.86. The molecule has 3 rings (SSSR count). The lowest BCUT2D eigenvalue weighted by molar-refractivity contribution is 0.0754. The maximum atomic E-state index is 12.7. The third-order valence-corrected chi connectivity index (χ3v) is 5.33. The first kappa shape index (κ1) is 18.4. The second-order valence-corrected chi connectivity index (χ2v) is 7.51. The van der Waals surface area contributed by atoms with Crippen molar-refractivity contribution < 1.29 is 9.53 Å². The van der Waals surface area contributed by atoms with Gasteiger partial charge in [-0.3, -0.25) is 9.69 Å². The van der Waals surface area contributed by atoms with Gasteiger partial charge in [-0.2, -0.15) is 0 Å². The summed E-state index contributed by atoms with van der Waals surface area (Å²) in [6.07, 6.45) is 6.11. The van der Waals surface area contributed by atoms with Crippen LogP contribution in [0.15, 0.2) is 24.3 Å². The molecular weight excluding hydrogens is 312 g/mol. The standard InChI is InChI=1S/C21H32N2O2/c1-2-14-25-17-19-10-13-23(16-19)21(24)20-8-6-18(7-9-20)15-22-11-4-3-5-12-22/h6-9,19H,2-5,10-17H2,1H3/t19-/m0/s1. The Morgan fingerprint density at radius 1 is 1.12 bits per heavy atom. The van der Waals surface area contributed by atoms with Crippen LogP contribution in [-0.2, 0) is 11.3 Å². The normalized spacial score (nSPS) is 21.6. The molecule has 4 heteroatoms. The summed E-state index contributed by atoms with van der Waals surface area (Å²) in [5.41, 5.74) is 2.13. The Kier molecular flexibility index (Phi) is 6.88. The third-order valence-electron chi connectivity index (χ3n) is 5.33. The number of nitrogens with zero attached hydrogens (tertiary/aromatic N) is 2. The van der Waals surface area contributed by atoms with Gasteiger partial charge >= 0.3 is 0 Å². The predicted octanol–water partition coefficient (Wildman–Crippen LogP) is 3.56. The number of hydrogen-bond donors (Lipinski definition) is 0. The van der Waals surface area contributed by atoms with Crippen molar-refractivity contribution in [3.8, 4) is 0 Å². The fraction of sp³-hybridized carbons (Fsp3) is 0.667. The smallest absolute Gasteiger partial charge is 0.253 e. The van der Waals surface area contributed by atoms with E-state index < -0.39 is 0 Å². The zero-order valence-electron chi connectivity index (χ0n) is 15.6. The van der Waals surface area contributed by atoms with Crippen LogP contribution in [0.1, 0.15) is 54.9 Å². The molecule has 1 atom stereocenters. The van der Waals surface area contributed by atoms with E-state index in [0.29, 0.717) is 5.92 Å². The van der Waals surface area contributed by atoms with E-state index in [4.69, 9.17) is 4.74 Å². The molecular formula is C21H32N2O2. The van der Waals surface area contributed by atoms with Gasteiger partial charge in [0.1, 0.15) is 0 Å². The quantitative estimate of drug-likeness (QED) is 0.709. The van der Waals surface area contributed by atoms with Crippen LogP contribution in [0.5, 0.6) is 0 Å². The van der Waals surface area contributed by atoms with E-state index in [9.17, 15) is 4.79 Å². The van der Waals surface area contributed by atoms with Gasteiger partial charge < -0.3 is 9.64 Å². The Morgan fingerprint density at radius 3 is 2.60 bits per heavy atom. The Labute approximate surface area is 152 Å².